The molecular weight excluding hydrogens is 248 g/mol. The van der Waals surface area contributed by atoms with Crippen LogP contribution in [0.1, 0.15) is 31.9 Å². The Bertz CT molecular complexity index is 375. The molecule has 0 saturated heterocycles. The number of hydrogen-bond acceptors (Lipinski definition) is 3. The van der Waals surface area contributed by atoms with Crippen molar-refractivity contribution in [2.24, 2.45) is 0 Å². The van der Waals surface area contributed by atoms with E-state index in [1.807, 2.05) is 6.08 Å². The number of hydrogen-bond donors (Lipinski definition) is 1. The summed E-state index contributed by atoms with van der Waals surface area (Å²) in [4.78, 5) is 2.27. The molecule has 0 fully saturated rings. The van der Waals surface area contributed by atoms with Crippen molar-refractivity contribution >= 4 is 5.69 Å². The van der Waals surface area contributed by atoms with Crippen LogP contribution in [0, 0.1) is 0 Å². The maximum Gasteiger partial charge on any atom is 0.0637 e. The predicted octanol–water partition coefficient (Wildman–Crippen LogP) is 3.39. The van der Waals surface area contributed by atoms with Crippen molar-refractivity contribution in [3.63, 3.8) is 0 Å². The van der Waals surface area contributed by atoms with E-state index in [-0.39, 0.29) is 0 Å². The molecule has 1 rings (SSSR count). The standard InChI is InChI=1S/C17H28N2O/c1-5-11-18-15(3)16-7-9-17(10-8-16)19(12-6-2)13-14-20-4/h6-10,15,18H,2,5,11-14H2,1,3-4H3. The molecule has 0 saturated carbocycles. The van der Waals surface area contributed by atoms with Crippen LogP contribution < -0.4 is 10.2 Å². The lowest BCUT2D eigenvalue weighted by Crippen LogP contribution is -2.27. The van der Waals surface area contributed by atoms with Gasteiger partial charge in [-0.05, 0) is 37.6 Å². The second-order valence-electron chi connectivity index (χ2n) is 4.99. The van der Waals surface area contributed by atoms with Crippen molar-refractivity contribution in [1.29, 1.82) is 0 Å². The smallest absolute Gasteiger partial charge is 0.0637 e. The Morgan fingerprint density at radius 1 is 1.35 bits per heavy atom. The fourth-order valence-electron chi connectivity index (χ4n) is 2.14. The minimum atomic E-state index is 0.399. The van der Waals surface area contributed by atoms with Gasteiger partial charge in [0, 0.05) is 31.9 Å². The van der Waals surface area contributed by atoms with Gasteiger partial charge in [-0.2, -0.15) is 0 Å². The highest BCUT2D eigenvalue weighted by Gasteiger charge is 2.07. The molecule has 0 amide bonds. The van der Waals surface area contributed by atoms with Gasteiger partial charge in [0.2, 0.25) is 0 Å². The lowest BCUT2D eigenvalue weighted by atomic mass is 10.1. The van der Waals surface area contributed by atoms with E-state index in [1.165, 1.54) is 11.3 Å². The van der Waals surface area contributed by atoms with Gasteiger partial charge >= 0.3 is 0 Å². The first-order chi connectivity index (χ1) is 9.72. The van der Waals surface area contributed by atoms with Crippen molar-refractivity contribution in [2.45, 2.75) is 26.3 Å². The molecule has 0 aliphatic heterocycles. The van der Waals surface area contributed by atoms with E-state index in [1.54, 1.807) is 7.11 Å². The van der Waals surface area contributed by atoms with Gasteiger partial charge in [-0.3, -0.25) is 0 Å². The van der Waals surface area contributed by atoms with E-state index in [4.69, 9.17) is 4.74 Å². The molecule has 1 unspecified atom stereocenters. The Hall–Kier alpha value is -1.32. The molecule has 3 nitrogen and oxygen atoms in total. The molecule has 0 aliphatic rings. The van der Waals surface area contributed by atoms with Gasteiger partial charge in [-0.25, -0.2) is 0 Å². The summed E-state index contributed by atoms with van der Waals surface area (Å²) in [5.74, 6) is 0. The van der Waals surface area contributed by atoms with Gasteiger partial charge < -0.3 is 15.0 Å². The summed E-state index contributed by atoms with van der Waals surface area (Å²) in [5, 5.41) is 3.51. The van der Waals surface area contributed by atoms with Crippen LogP contribution in [-0.4, -0.2) is 33.4 Å². The molecule has 0 radical (unpaired) electrons. The number of nitrogens with one attached hydrogen (secondary N) is 1. The largest absolute Gasteiger partial charge is 0.383 e. The molecule has 0 heterocycles. The Morgan fingerprint density at radius 3 is 2.60 bits per heavy atom. The van der Waals surface area contributed by atoms with Gasteiger partial charge in [0.15, 0.2) is 0 Å². The molecule has 0 bridgehead atoms. The van der Waals surface area contributed by atoms with Crippen molar-refractivity contribution < 1.29 is 4.74 Å². The predicted molar refractivity (Wildman–Crippen MR) is 87.4 cm³/mol. The van der Waals surface area contributed by atoms with Crippen molar-refractivity contribution in [3.8, 4) is 0 Å². The van der Waals surface area contributed by atoms with Gasteiger partial charge in [0.1, 0.15) is 0 Å². The molecule has 1 N–H and O–H groups in total. The van der Waals surface area contributed by atoms with Gasteiger partial charge in [-0.15, -0.1) is 6.58 Å². The molecule has 0 aromatic heterocycles. The first-order valence-corrected chi connectivity index (χ1v) is 7.41. The van der Waals surface area contributed by atoms with E-state index in [0.29, 0.717) is 6.04 Å². The van der Waals surface area contributed by atoms with E-state index < -0.39 is 0 Å². The molecule has 0 aliphatic carbocycles. The summed E-state index contributed by atoms with van der Waals surface area (Å²) in [7, 11) is 1.73. The number of ether oxygens (including phenoxy) is 1. The summed E-state index contributed by atoms with van der Waals surface area (Å²) >= 11 is 0. The molecule has 1 aromatic carbocycles. The average molecular weight is 276 g/mol. The highest BCUT2D eigenvalue weighted by atomic mass is 16.5. The minimum absolute atomic E-state index is 0.399. The second-order valence-corrected chi connectivity index (χ2v) is 4.99. The normalized spacial score (nSPS) is 12.2. The van der Waals surface area contributed by atoms with Crippen LogP contribution in [0.25, 0.3) is 0 Å². The Balaban J connectivity index is 2.69. The first-order valence-electron chi connectivity index (χ1n) is 7.41. The highest BCUT2D eigenvalue weighted by Crippen LogP contribution is 2.19. The van der Waals surface area contributed by atoms with Gasteiger partial charge in [-0.1, -0.05) is 25.1 Å². The SMILES string of the molecule is C=CCN(CCOC)c1ccc(C(C)NCCC)cc1. The van der Waals surface area contributed by atoms with Crippen LogP contribution in [0.15, 0.2) is 36.9 Å². The van der Waals surface area contributed by atoms with Crippen molar-refractivity contribution in [2.75, 3.05) is 38.3 Å². The summed E-state index contributed by atoms with van der Waals surface area (Å²) < 4.78 is 5.16. The van der Waals surface area contributed by atoms with E-state index in [9.17, 15) is 0 Å². The summed E-state index contributed by atoms with van der Waals surface area (Å²) in [6.45, 7) is 11.7. The van der Waals surface area contributed by atoms with E-state index >= 15 is 0 Å². The van der Waals surface area contributed by atoms with Crippen LogP contribution >= 0.6 is 0 Å². The molecule has 112 valence electrons. The molecular formula is C17H28N2O. The third-order valence-electron chi connectivity index (χ3n) is 3.37. The minimum Gasteiger partial charge on any atom is -0.383 e. The third kappa shape index (κ3) is 5.35. The van der Waals surface area contributed by atoms with Crippen molar-refractivity contribution in [1.82, 2.24) is 5.32 Å². The number of rotatable bonds is 10. The van der Waals surface area contributed by atoms with Crippen LogP contribution in [0.3, 0.4) is 0 Å². The molecule has 1 aromatic rings. The van der Waals surface area contributed by atoms with Crippen LogP contribution in [-0.2, 0) is 4.74 Å². The maximum absolute atomic E-state index is 5.16. The Morgan fingerprint density at radius 2 is 2.05 bits per heavy atom. The maximum atomic E-state index is 5.16. The fourth-order valence-corrected chi connectivity index (χ4v) is 2.14. The van der Waals surface area contributed by atoms with Crippen LogP contribution in [0.4, 0.5) is 5.69 Å². The fraction of sp³-hybridized carbons (Fsp3) is 0.529. The lowest BCUT2D eigenvalue weighted by Gasteiger charge is -2.23. The molecule has 20 heavy (non-hydrogen) atoms. The zero-order valence-corrected chi connectivity index (χ0v) is 13.1. The van der Waals surface area contributed by atoms with Gasteiger partial charge in [0.05, 0.1) is 6.61 Å². The van der Waals surface area contributed by atoms with Crippen molar-refractivity contribution in [3.05, 3.63) is 42.5 Å². The molecule has 3 heteroatoms. The molecule has 1 atom stereocenters. The monoisotopic (exact) mass is 276 g/mol. The number of nitrogens with zero attached hydrogens (tertiary/aromatic N) is 1. The zero-order valence-electron chi connectivity index (χ0n) is 13.1. The topological polar surface area (TPSA) is 24.5 Å². The zero-order chi connectivity index (χ0) is 14.8. The Labute approximate surface area is 123 Å². The quantitative estimate of drug-likeness (QED) is 0.663. The van der Waals surface area contributed by atoms with Crippen LogP contribution in [0.5, 0.6) is 0 Å². The van der Waals surface area contributed by atoms with Crippen LogP contribution in [0.2, 0.25) is 0 Å². The third-order valence-corrected chi connectivity index (χ3v) is 3.37. The highest BCUT2D eigenvalue weighted by molar-refractivity contribution is 5.48. The van der Waals surface area contributed by atoms with E-state index in [2.05, 4.69) is 54.9 Å². The second kappa shape index (κ2) is 9.56. The summed E-state index contributed by atoms with van der Waals surface area (Å²) in [5.41, 5.74) is 2.54. The van der Waals surface area contributed by atoms with E-state index in [0.717, 1.165) is 32.7 Å². The van der Waals surface area contributed by atoms with Gasteiger partial charge in [0.25, 0.3) is 0 Å². The first kappa shape index (κ1) is 16.7. The average Bonchev–Trinajstić information content (AvgIpc) is 2.49. The summed E-state index contributed by atoms with van der Waals surface area (Å²) in [6.07, 6.45) is 3.08. The number of benzene rings is 1. The Kier molecular flexibility index (Phi) is 8.00. The summed E-state index contributed by atoms with van der Waals surface area (Å²) in [6, 6.07) is 9.16. The number of methoxy groups -OCH3 is 1. The molecule has 0 spiro atoms. The number of anilines is 1. The lowest BCUT2D eigenvalue weighted by molar-refractivity contribution is 0.206.